The van der Waals surface area contributed by atoms with Crippen LogP contribution >= 0.6 is 23.1 Å². The third-order valence-electron chi connectivity index (χ3n) is 5.02. The molecule has 0 amide bonds. The monoisotopic (exact) mass is 449 g/mol. The maximum atomic E-state index is 12.8. The van der Waals surface area contributed by atoms with E-state index in [9.17, 15) is 4.79 Å². The molecule has 2 N–H and O–H groups in total. The molecule has 0 aliphatic carbocycles. The van der Waals surface area contributed by atoms with Crippen molar-refractivity contribution in [3.8, 4) is 22.7 Å². The molecule has 0 bridgehead atoms. The number of fused-ring (bicyclic) bond motifs is 1. The normalized spacial score (nSPS) is 12.5. The summed E-state index contributed by atoms with van der Waals surface area (Å²) < 4.78 is 5.45. The number of aryl methyl sites for hydroxylation is 1. The Labute approximate surface area is 186 Å². The Morgan fingerprint density at radius 3 is 2.77 bits per heavy atom. The van der Waals surface area contributed by atoms with E-state index in [2.05, 4.69) is 44.2 Å². The van der Waals surface area contributed by atoms with Gasteiger partial charge in [0.2, 0.25) is 5.16 Å². The Bertz CT molecular complexity index is 1380. The van der Waals surface area contributed by atoms with Crippen LogP contribution in [0.1, 0.15) is 30.5 Å². The zero-order chi connectivity index (χ0) is 21.4. The molecule has 1 unspecified atom stereocenters. The largest absolute Gasteiger partial charge is 0.464 e. The number of aromatic nitrogens is 5. The summed E-state index contributed by atoms with van der Waals surface area (Å²) in [6.07, 6.45) is 2.59. The van der Waals surface area contributed by atoms with Crippen molar-refractivity contribution in [2.45, 2.75) is 30.7 Å². The number of rotatable bonds is 6. The van der Waals surface area contributed by atoms with Crippen molar-refractivity contribution in [2.24, 2.45) is 0 Å². The van der Waals surface area contributed by atoms with Gasteiger partial charge in [-0.05, 0) is 31.0 Å². The fourth-order valence-corrected chi connectivity index (χ4v) is 5.03. The Morgan fingerprint density at radius 1 is 1.19 bits per heavy atom. The number of hydrogen-bond donors (Lipinski definition) is 2. The fourth-order valence-electron chi connectivity index (χ4n) is 3.31. The van der Waals surface area contributed by atoms with Crippen molar-refractivity contribution >= 4 is 33.3 Å². The summed E-state index contributed by atoms with van der Waals surface area (Å²) in [5.74, 6) is 1.97. The first-order chi connectivity index (χ1) is 15.1. The van der Waals surface area contributed by atoms with E-state index in [-0.39, 0.29) is 10.8 Å². The second-order valence-corrected chi connectivity index (χ2v) is 9.20. The molecule has 4 aromatic heterocycles. The summed E-state index contributed by atoms with van der Waals surface area (Å²) in [6.45, 7) is 4.10. The van der Waals surface area contributed by atoms with Gasteiger partial charge in [-0.1, -0.05) is 43.0 Å². The van der Waals surface area contributed by atoms with Crippen LogP contribution in [0.15, 0.2) is 62.4 Å². The number of aromatic amines is 2. The summed E-state index contributed by atoms with van der Waals surface area (Å²) in [5, 5.41) is 10.2. The first kappa shape index (κ1) is 19.8. The molecule has 0 saturated heterocycles. The van der Waals surface area contributed by atoms with Crippen molar-refractivity contribution in [3.05, 3.63) is 69.8 Å². The van der Waals surface area contributed by atoms with Crippen LogP contribution in [0.5, 0.6) is 0 Å². The maximum absolute atomic E-state index is 12.8. The molecule has 156 valence electrons. The highest BCUT2D eigenvalue weighted by atomic mass is 32.2. The molecule has 4 heterocycles. The van der Waals surface area contributed by atoms with Crippen molar-refractivity contribution < 1.29 is 4.42 Å². The lowest BCUT2D eigenvalue weighted by Crippen LogP contribution is -2.12. The van der Waals surface area contributed by atoms with Crippen LogP contribution in [0, 0.1) is 0 Å². The Hall–Kier alpha value is -3.17. The third-order valence-corrected chi connectivity index (χ3v) is 6.86. The smallest absolute Gasteiger partial charge is 0.260 e. The molecule has 0 spiro atoms. The van der Waals surface area contributed by atoms with Crippen molar-refractivity contribution in [3.63, 3.8) is 0 Å². The topological polar surface area (TPSA) is 100 Å². The zero-order valence-corrected chi connectivity index (χ0v) is 18.5. The molecule has 5 rings (SSSR count). The van der Waals surface area contributed by atoms with Crippen LogP contribution in [0.2, 0.25) is 0 Å². The standard InChI is InChI=1S/C22H19N5O2S2/c1-3-13-6-8-14(9-7-13)19-25-22(27-26-19)31-12(2)18-23-20(28)17-15(11-30-21(17)24-18)16-5-4-10-29-16/h4-12H,3H2,1-2H3,(H,23,24,28)(H,25,26,27). The van der Waals surface area contributed by atoms with Crippen LogP contribution < -0.4 is 5.56 Å². The lowest BCUT2D eigenvalue weighted by atomic mass is 10.1. The first-order valence-corrected chi connectivity index (χ1v) is 11.6. The van der Waals surface area contributed by atoms with Gasteiger partial charge in [0.25, 0.3) is 5.56 Å². The van der Waals surface area contributed by atoms with Crippen molar-refractivity contribution in [2.75, 3.05) is 0 Å². The number of thiophene rings is 1. The minimum absolute atomic E-state index is 0.127. The molecule has 1 atom stereocenters. The van der Waals surface area contributed by atoms with E-state index in [0.29, 0.717) is 27.0 Å². The van der Waals surface area contributed by atoms with E-state index >= 15 is 0 Å². The Morgan fingerprint density at radius 2 is 2.03 bits per heavy atom. The van der Waals surface area contributed by atoms with Crippen LogP contribution in [0.4, 0.5) is 0 Å². The number of nitrogens with one attached hydrogen (secondary N) is 2. The van der Waals surface area contributed by atoms with Gasteiger partial charge in [-0.15, -0.1) is 16.4 Å². The van der Waals surface area contributed by atoms with Crippen molar-refractivity contribution in [1.29, 1.82) is 0 Å². The van der Waals surface area contributed by atoms with Crippen molar-refractivity contribution in [1.82, 2.24) is 25.1 Å². The average molecular weight is 450 g/mol. The molecule has 0 radical (unpaired) electrons. The van der Waals surface area contributed by atoms with Gasteiger partial charge < -0.3 is 9.40 Å². The number of hydrogen-bond acceptors (Lipinski definition) is 7. The van der Waals surface area contributed by atoms with Crippen LogP contribution in [0.3, 0.4) is 0 Å². The first-order valence-electron chi connectivity index (χ1n) is 9.86. The van der Waals surface area contributed by atoms with Gasteiger partial charge in [0.1, 0.15) is 16.4 Å². The highest BCUT2D eigenvalue weighted by Crippen LogP contribution is 2.35. The lowest BCUT2D eigenvalue weighted by Gasteiger charge is -2.08. The number of furan rings is 1. The SMILES string of the molecule is CCc1ccc(-c2nc(SC(C)c3nc4scc(-c5ccco5)c4c(=O)[nH]3)n[nH]2)cc1. The van der Waals surface area contributed by atoms with Gasteiger partial charge in [0, 0.05) is 16.5 Å². The number of H-pyrrole nitrogens is 2. The van der Waals surface area contributed by atoms with Gasteiger partial charge >= 0.3 is 0 Å². The fraction of sp³-hybridized carbons (Fsp3) is 0.182. The maximum Gasteiger partial charge on any atom is 0.260 e. The second-order valence-electron chi connectivity index (χ2n) is 7.04. The second kappa shape index (κ2) is 8.16. The molecule has 1 aromatic carbocycles. The number of nitrogens with zero attached hydrogens (tertiary/aromatic N) is 3. The van der Waals surface area contributed by atoms with Crippen LogP contribution in [-0.4, -0.2) is 25.1 Å². The molecule has 0 fully saturated rings. The molecule has 31 heavy (non-hydrogen) atoms. The Balaban J connectivity index is 1.39. The number of thioether (sulfide) groups is 1. The van der Waals surface area contributed by atoms with E-state index < -0.39 is 0 Å². The van der Waals surface area contributed by atoms with Gasteiger partial charge in [0.15, 0.2) is 5.82 Å². The number of benzene rings is 1. The highest BCUT2D eigenvalue weighted by Gasteiger charge is 2.19. The van der Waals surface area contributed by atoms with Gasteiger partial charge in [-0.3, -0.25) is 9.89 Å². The van der Waals surface area contributed by atoms with Crippen LogP contribution in [-0.2, 0) is 6.42 Å². The quantitative estimate of drug-likeness (QED) is 0.335. The minimum Gasteiger partial charge on any atom is -0.464 e. The molecule has 5 aromatic rings. The molecule has 9 heteroatoms. The summed E-state index contributed by atoms with van der Waals surface area (Å²) >= 11 is 2.87. The molecule has 0 aliphatic heterocycles. The predicted molar refractivity (Wildman–Crippen MR) is 123 cm³/mol. The Kier molecular flexibility index (Phi) is 5.21. The molecular weight excluding hydrogens is 430 g/mol. The molecule has 0 saturated carbocycles. The molecular formula is C22H19N5O2S2. The summed E-state index contributed by atoms with van der Waals surface area (Å²) in [7, 11) is 0. The van der Waals surface area contributed by atoms with E-state index in [4.69, 9.17) is 4.42 Å². The van der Waals surface area contributed by atoms with Gasteiger partial charge in [0.05, 0.1) is 16.9 Å². The highest BCUT2D eigenvalue weighted by molar-refractivity contribution is 7.99. The third kappa shape index (κ3) is 3.82. The van der Waals surface area contributed by atoms with Crippen LogP contribution in [0.25, 0.3) is 32.9 Å². The summed E-state index contributed by atoms with van der Waals surface area (Å²) in [4.78, 5) is 25.7. The summed E-state index contributed by atoms with van der Waals surface area (Å²) in [5.41, 5.74) is 2.85. The van der Waals surface area contributed by atoms with E-state index in [0.717, 1.165) is 23.4 Å². The lowest BCUT2D eigenvalue weighted by molar-refractivity contribution is 0.583. The molecule has 0 aliphatic rings. The van der Waals surface area contributed by atoms with Gasteiger partial charge in [-0.2, -0.15) is 0 Å². The van der Waals surface area contributed by atoms with E-state index in [1.165, 1.54) is 28.7 Å². The van der Waals surface area contributed by atoms with E-state index in [1.807, 2.05) is 30.5 Å². The molecule has 7 nitrogen and oxygen atoms in total. The summed E-state index contributed by atoms with van der Waals surface area (Å²) in [6, 6.07) is 11.9. The predicted octanol–water partition coefficient (Wildman–Crippen LogP) is 5.45. The van der Waals surface area contributed by atoms with E-state index in [1.54, 1.807) is 12.3 Å². The average Bonchev–Trinajstić information content (AvgIpc) is 3.54. The minimum atomic E-state index is -0.174. The van der Waals surface area contributed by atoms with Gasteiger partial charge in [-0.25, -0.2) is 9.97 Å². The zero-order valence-electron chi connectivity index (χ0n) is 16.9.